The van der Waals surface area contributed by atoms with Gasteiger partial charge in [-0.1, -0.05) is 17.7 Å². The molecule has 1 aliphatic heterocycles. The van der Waals surface area contributed by atoms with Crippen molar-refractivity contribution in [2.45, 2.75) is 45.7 Å². The molecule has 120 valence electrons. The largest absolute Gasteiger partial charge is 0.349 e. The second-order valence-electron chi connectivity index (χ2n) is 6.21. The van der Waals surface area contributed by atoms with Crippen LogP contribution in [0.4, 0.5) is 4.79 Å². The van der Waals surface area contributed by atoms with Crippen molar-refractivity contribution < 1.29 is 9.59 Å². The van der Waals surface area contributed by atoms with E-state index in [-0.39, 0.29) is 24.0 Å². The van der Waals surface area contributed by atoms with E-state index in [0.29, 0.717) is 18.7 Å². The van der Waals surface area contributed by atoms with Crippen LogP contribution in [0.1, 0.15) is 42.6 Å². The summed E-state index contributed by atoms with van der Waals surface area (Å²) >= 11 is 0. The summed E-state index contributed by atoms with van der Waals surface area (Å²) in [4.78, 5) is 26.0. The van der Waals surface area contributed by atoms with Crippen LogP contribution in [0.2, 0.25) is 0 Å². The van der Waals surface area contributed by atoms with Crippen molar-refractivity contribution in [1.29, 1.82) is 0 Å². The third-order valence-corrected chi connectivity index (χ3v) is 3.81. The molecule has 5 nitrogen and oxygen atoms in total. The van der Waals surface area contributed by atoms with Gasteiger partial charge in [0.2, 0.25) is 0 Å². The maximum Gasteiger partial charge on any atom is 0.317 e. The fourth-order valence-electron chi connectivity index (χ4n) is 2.62. The molecule has 3 amide bonds. The highest BCUT2D eigenvalue weighted by molar-refractivity contribution is 5.94. The molecule has 5 heteroatoms. The van der Waals surface area contributed by atoms with E-state index in [1.807, 2.05) is 49.9 Å². The minimum absolute atomic E-state index is 0.0153. The van der Waals surface area contributed by atoms with Crippen LogP contribution >= 0.6 is 0 Å². The normalized spacial score (nSPS) is 15.7. The number of carbonyl (C=O) groups excluding carboxylic acids is 2. The second kappa shape index (κ2) is 7.29. The summed E-state index contributed by atoms with van der Waals surface area (Å²) in [6.45, 7) is 7.23. The van der Waals surface area contributed by atoms with Gasteiger partial charge < -0.3 is 15.5 Å². The van der Waals surface area contributed by atoms with Crippen LogP contribution in [0.5, 0.6) is 0 Å². The SMILES string of the molecule is Cc1cccc(C(=O)NC2CCN(C(=O)NC(C)C)CC2)c1. The fourth-order valence-corrected chi connectivity index (χ4v) is 2.62. The molecule has 0 spiro atoms. The molecule has 0 aromatic heterocycles. The lowest BCUT2D eigenvalue weighted by Gasteiger charge is -2.33. The molecule has 2 rings (SSSR count). The van der Waals surface area contributed by atoms with E-state index in [4.69, 9.17) is 0 Å². The molecule has 0 saturated carbocycles. The topological polar surface area (TPSA) is 61.4 Å². The molecule has 1 fully saturated rings. The van der Waals surface area contributed by atoms with Gasteiger partial charge in [0.05, 0.1) is 0 Å². The van der Waals surface area contributed by atoms with Gasteiger partial charge in [-0.2, -0.15) is 0 Å². The van der Waals surface area contributed by atoms with Gasteiger partial charge in [0.15, 0.2) is 0 Å². The molecular formula is C17H25N3O2. The van der Waals surface area contributed by atoms with Crippen molar-refractivity contribution >= 4 is 11.9 Å². The minimum Gasteiger partial charge on any atom is -0.349 e. The zero-order chi connectivity index (χ0) is 16.1. The number of hydrogen-bond donors (Lipinski definition) is 2. The van der Waals surface area contributed by atoms with Crippen LogP contribution < -0.4 is 10.6 Å². The molecule has 1 saturated heterocycles. The number of piperidine rings is 1. The van der Waals surface area contributed by atoms with E-state index in [1.54, 1.807) is 0 Å². The number of hydrogen-bond acceptors (Lipinski definition) is 2. The lowest BCUT2D eigenvalue weighted by molar-refractivity contribution is 0.0917. The number of likely N-dealkylation sites (tertiary alicyclic amines) is 1. The third kappa shape index (κ3) is 4.48. The minimum atomic E-state index is -0.0335. The fraction of sp³-hybridized carbons (Fsp3) is 0.529. The maximum atomic E-state index is 12.2. The number of nitrogens with one attached hydrogen (secondary N) is 2. The monoisotopic (exact) mass is 303 g/mol. The van der Waals surface area contributed by atoms with Crippen molar-refractivity contribution in [2.75, 3.05) is 13.1 Å². The van der Waals surface area contributed by atoms with Crippen LogP contribution in [0.3, 0.4) is 0 Å². The number of carbonyl (C=O) groups is 2. The highest BCUT2D eigenvalue weighted by Crippen LogP contribution is 2.12. The number of nitrogens with zero attached hydrogens (tertiary/aromatic N) is 1. The Labute approximate surface area is 132 Å². The molecule has 1 aliphatic rings. The van der Waals surface area contributed by atoms with E-state index >= 15 is 0 Å². The Morgan fingerprint density at radius 3 is 2.50 bits per heavy atom. The Morgan fingerprint density at radius 2 is 1.91 bits per heavy atom. The maximum absolute atomic E-state index is 12.2. The Morgan fingerprint density at radius 1 is 1.23 bits per heavy atom. The summed E-state index contributed by atoms with van der Waals surface area (Å²) in [6.07, 6.45) is 1.59. The molecule has 22 heavy (non-hydrogen) atoms. The van der Waals surface area contributed by atoms with Gasteiger partial charge in [-0.05, 0) is 45.7 Å². The van der Waals surface area contributed by atoms with Gasteiger partial charge in [-0.15, -0.1) is 0 Å². The van der Waals surface area contributed by atoms with E-state index in [9.17, 15) is 9.59 Å². The predicted molar refractivity (Wildman–Crippen MR) is 86.9 cm³/mol. The van der Waals surface area contributed by atoms with Crippen molar-refractivity contribution in [1.82, 2.24) is 15.5 Å². The average Bonchev–Trinajstić information content (AvgIpc) is 2.47. The molecule has 0 unspecified atom stereocenters. The van der Waals surface area contributed by atoms with Crippen molar-refractivity contribution in [3.8, 4) is 0 Å². The van der Waals surface area contributed by atoms with Gasteiger partial charge in [0.25, 0.3) is 5.91 Å². The standard InChI is InChI=1S/C17H25N3O2/c1-12(2)18-17(22)20-9-7-15(8-10-20)19-16(21)14-6-4-5-13(3)11-14/h4-6,11-12,15H,7-10H2,1-3H3,(H,18,22)(H,19,21). The van der Waals surface area contributed by atoms with E-state index < -0.39 is 0 Å². The molecule has 2 N–H and O–H groups in total. The van der Waals surface area contributed by atoms with Gasteiger partial charge in [0.1, 0.15) is 0 Å². The highest BCUT2D eigenvalue weighted by atomic mass is 16.2. The molecule has 0 radical (unpaired) electrons. The zero-order valence-electron chi connectivity index (χ0n) is 13.6. The van der Waals surface area contributed by atoms with Crippen LogP contribution in [-0.4, -0.2) is 42.0 Å². The average molecular weight is 303 g/mol. The summed E-state index contributed by atoms with van der Waals surface area (Å²) in [5.74, 6) is -0.0335. The van der Waals surface area contributed by atoms with E-state index in [1.165, 1.54) is 0 Å². The lowest BCUT2D eigenvalue weighted by Crippen LogP contribution is -2.50. The molecular weight excluding hydrogens is 278 g/mol. The summed E-state index contributed by atoms with van der Waals surface area (Å²) in [5, 5.41) is 5.97. The lowest BCUT2D eigenvalue weighted by atomic mass is 10.0. The van der Waals surface area contributed by atoms with Crippen molar-refractivity contribution in [3.63, 3.8) is 0 Å². The van der Waals surface area contributed by atoms with Gasteiger partial charge in [-0.3, -0.25) is 4.79 Å². The molecule has 0 aliphatic carbocycles. The predicted octanol–water partition coefficient (Wildman–Crippen LogP) is 2.31. The third-order valence-electron chi connectivity index (χ3n) is 3.81. The van der Waals surface area contributed by atoms with Crippen LogP contribution in [0.25, 0.3) is 0 Å². The highest BCUT2D eigenvalue weighted by Gasteiger charge is 2.24. The first-order chi connectivity index (χ1) is 10.5. The quantitative estimate of drug-likeness (QED) is 0.900. The first-order valence-electron chi connectivity index (χ1n) is 7.88. The Bertz CT molecular complexity index is 534. The molecule has 1 aromatic rings. The first kappa shape index (κ1) is 16.3. The number of urea groups is 1. The second-order valence-corrected chi connectivity index (χ2v) is 6.21. The van der Waals surface area contributed by atoms with Gasteiger partial charge >= 0.3 is 6.03 Å². The summed E-state index contributed by atoms with van der Waals surface area (Å²) in [7, 11) is 0. The molecule has 0 atom stereocenters. The van der Waals surface area contributed by atoms with Gasteiger partial charge in [-0.25, -0.2) is 4.79 Å². The van der Waals surface area contributed by atoms with Crippen molar-refractivity contribution in [3.05, 3.63) is 35.4 Å². The molecule has 1 aromatic carbocycles. The number of rotatable bonds is 3. The summed E-state index contributed by atoms with van der Waals surface area (Å²) in [6, 6.07) is 7.85. The van der Waals surface area contributed by atoms with E-state index in [2.05, 4.69) is 10.6 Å². The number of aryl methyl sites for hydroxylation is 1. The summed E-state index contributed by atoms with van der Waals surface area (Å²) < 4.78 is 0. The molecule has 1 heterocycles. The zero-order valence-corrected chi connectivity index (χ0v) is 13.6. The van der Waals surface area contributed by atoms with E-state index in [0.717, 1.165) is 18.4 Å². The summed E-state index contributed by atoms with van der Waals surface area (Å²) in [5.41, 5.74) is 1.77. The van der Waals surface area contributed by atoms with Crippen LogP contribution in [-0.2, 0) is 0 Å². The Hall–Kier alpha value is -2.04. The molecule has 0 bridgehead atoms. The Balaban J connectivity index is 1.82. The van der Waals surface area contributed by atoms with Crippen molar-refractivity contribution in [2.24, 2.45) is 0 Å². The Kier molecular flexibility index (Phi) is 5.41. The van der Waals surface area contributed by atoms with Crippen LogP contribution in [0, 0.1) is 6.92 Å². The van der Waals surface area contributed by atoms with Gasteiger partial charge in [0, 0.05) is 30.7 Å². The smallest absolute Gasteiger partial charge is 0.317 e. The van der Waals surface area contributed by atoms with Crippen LogP contribution in [0.15, 0.2) is 24.3 Å². The number of benzene rings is 1. The first-order valence-corrected chi connectivity index (χ1v) is 7.88. The number of amides is 3.